The Morgan fingerprint density at radius 1 is 1.38 bits per heavy atom. The van der Waals surface area contributed by atoms with Gasteiger partial charge >= 0.3 is 0 Å². The van der Waals surface area contributed by atoms with Crippen LogP contribution in [-0.4, -0.2) is 50.3 Å². The molecule has 96 valence electrons. The van der Waals surface area contributed by atoms with Crippen LogP contribution in [0.4, 0.5) is 0 Å². The Kier molecular flexibility index (Phi) is 7.01. The molecule has 1 aliphatic rings. The summed E-state index contributed by atoms with van der Waals surface area (Å²) in [6, 6.07) is 0.694. The Morgan fingerprint density at radius 3 is 2.88 bits per heavy atom. The summed E-state index contributed by atoms with van der Waals surface area (Å²) in [5.74, 6) is 0. The van der Waals surface area contributed by atoms with E-state index in [1.165, 1.54) is 45.3 Å². The fourth-order valence-electron chi connectivity index (χ4n) is 2.32. The predicted octanol–water partition coefficient (Wildman–Crippen LogP) is 1.88. The number of methoxy groups -OCH3 is 1. The van der Waals surface area contributed by atoms with E-state index in [2.05, 4.69) is 24.1 Å². The summed E-state index contributed by atoms with van der Waals surface area (Å²) >= 11 is 0. The van der Waals surface area contributed by atoms with Crippen molar-refractivity contribution in [1.29, 1.82) is 0 Å². The number of ether oxygens (including phenoxy) is 1. The average Bonchev–Trinajstić information content (AvgIpc) is 2.52. The monoisotopic (exact) mass is 228 g/mol. The van der Waals surface area contributed by atoms with Gasteiger partial charge in [-0.2, -0.15) is 0 Å². The van der Waals surface area contributed by atoms with E-state index < -0.39 is 0 Å². The molecule has 0 spiro atoms. The number of nitrogens with zero attached hydrogens (tertiary/aromatic N) is 1. The number of hydrogen-bond donors (Lipinski definition) is 1. The molecule has 1 heterocycles. The standard InChI is InChI=1S/C13H28N2O/c1-4-8-15-9-5-6-13(7-10-15)14-11-12(2)16-3/h12-14H,4-11H2,1-3H3. The molecule has 1 aliphatic heterocycles. The van der Waals surface area contributed by atoms with Crippen molar-refractivity contribution >= 4 is 0 Å². The van der Waals surface area contributed by atoms with Crippen molar-refractivity contribution in [2.45, 2.75) is 51.7 Å². The van der Waals surface area contributed by atoms with Crippen molar-refractivity contribution in [3.8, 4) is 0 Å². The second kappa shape index (κ2) is 8.04. The van der Waals surface area contributed by atoms with Crippen LogP contribution in [0.3, 0.4) is 0 Å². The van der Waals surface area contributed by atoms with Gasteiger partial charge in [0.05, 0.1) is 6.10 Å². The zero-order chi connectivity index (χ0) is 11.8. The van der Waals surface area contributed by atoms with Crippen molar-refractivity contribution in [1.82, 2.24) is 10.2 Å². The lowest BCUT2D eigenvalue weighted by Gasteiger charge is -2.20. The van der Waals surface area contributed by atoms with E-state index in [4.69, 9.17) is 4.74 Å². The van der Waals surface area contributed by atoms with Gasteiger partial charge in [0.25, 0.3) is 0 Å². The SMILES string of the molecule is CCCN1CCCC(NCC(C)OC)CC1. The minimum atomic E-state index is 0.329. The maximum atomic E-state index is 5.26. The van der Waals surface area contributed by atoms with Crippen molar-refractivity contribution in [3.05, 3.63) is 0 Å². The highest BCUT2D eigenvalue weighted by molar-refractivity contribution is 4.75. The van der Waals surface area contributed by atoms with Crippen LogP contribution in [-0.2, 0) is 4.74 Å². The molecule has 2 unspecified atom stereocenters. The minimum Gasteiger partial charge on any atom is -0.380 e. The van der Waals surface area contributed by atoms with E-state index in [1.54, 1.807) is 7.11 Å². The van der Waals surface area contributed by atoms with Crippen LogP contribution in [0.1, 0.15) is 39.5 Å². The van der Waals surface area contributed by atoms with E-state index >= 15 is 0 Å². The number of hydrogen-bond acceptors (Lipinski definition) is 3. The third kappa shape index (κ3) is 5.28. The second-order valence-corrected chi connectivity index (χ2v) is 4.92. The first-order chi connectivity index (χ1) is 7.76. The molecule has 1 N–H and O–H groups in total. The van der Waals surface area contributed by atoms with Gasteiger partial charge in [-0.15, -0.1) is 0 Å². The molecular formula is C13H28N2O. The third-order valence-corrected chi connectivity index (χ3v) is 3.46. The Morgan fingerprint density at radius 2 is 2.19 bits per heavy atom. The quantitative estimate of drug-likeness (QED) is 0.751. The lowest BCUT2D eigenvalue weighted by atomic mass is 10.1. The summed E-state index contributed by atoms with van der Waals surface area (Å²) in [6.45, 7) is 9.17. The molecule has 3 nitrogen and oxygen atoms in total. The van der Waals surface area contributed by atoms with Gasteiger partial charge in [0.15, 0.2) is 0 Å². The van der Waals surface area contributed by atoms with Crippen LogP contribution in [0.25, 0.3) is 0 Å². The van der Waals surface area contributed by atoms with Gasteiger partial charge in [0.2, 0.25) is 0 Å². The van der Waals surface area contributed by atoms with Crippen molar-refractivity contribution in [2.24, 2.45) is 0 Å². The maximum Gasteiger partial charge on any atom is 0.0667 e. The van der Waals surface area contributed by atoms with Gasteiger partial charge in [0.1, 0.15) is 0 Å². The molecule has 1 rings (SSSR count). The molecule has 0 aromatic carbocycles. The van der Waals surface area contributed by atoms with Gasteiger partial charge in [-0.05, 0) is 52.2 Å². The topological polar surface area (TPSA) is 24.5 Å². The predicted molar refractivity (Wildman–Crippen MR) is 68.8 cm³/mol. The molecule has 0 bridgehead atoms. The minimum absolute atomic E-state index is 0.329. The summed E-state index contributed by atoms with van der Waals surface area (Å²) in [7, 11) is 1.78. The molecule has 0 saturated carbocycles. The fraction of sp³-hybridized carbons (Fsp3) is 1.00. The Hall–Kier alpha value is -0.120. The highest BCUT2D eigenvalue weighted by atomic mass is 16.5. The molecule has 1 saturated heterocycles. The highest BCUT2D eigenvalue weighted by Crippen LogP contribution is 2.11. The van der Waals surface area contributed by atoms with Crippen LogP contribution in [0.2, 0.25) is 0 Å². The van der Waals surface area contributed by atoms with Crippen LogP contribution < -0.4 is 5.32 Å². The average molecular weight is 228 g/mol. The van der Waals surface area contributed by atoms with Gasteiger partial charge < -0.3 is 15.0 Å². The Bertz CT molecular complexity index is 175. The number of nitrogens with one attached hydrogen (secondary N) is 1. The molecule has 16 heavy (non-hydrogen) atoms. The molecule has 3 heteroatoms. The summed E-state index contributed by atoms with van der Waals surface area (Å²) in [5, 5.41) is 3.62. The zero-order valence-corrected chi connectivity index (χ0v) is 11.2. The molecule has 0 aromatic rings. The molecular weight excluding hydrogens is 200 g/mol. The lowest BCUT2D eigenvalue weighted by Crippen LogP contribution is -2.36. The zero-order valence-electron chi connectivity index (χ0n) is 11.2. The van der Waals surface area contributed by atoms with E-state index in [9.17, 15) is 0 Å². The first kappa shape index (κ1) is 13.9. The first-order valence-corrected chi connectivity index (χ1v) is 6.74. The Balaban J connectivity index is 2.19. The summed E-state index contributed by atoms with van der Waals surface area (Å²) in [6.07, 6.45) is 5.54. The van der Waals surface area contributed by atoms with E-state index in [1.807, 2.05) is 0 Å². The largest absolute Gasteiger partial charge is 0.380 e. The molecule has 0 radical (unpaired) electrons. The molecule has 1 fully saturated rings. The normalized spacial score (nSPS) is 25.3. The Labute approximate surface area is 101 Å². The van der Waals surface area contributed by atoms with Crippen molar-refractivity contribution in [3.63, 3.8) is 0 Å². The smallest absolute Gasteiger partial charge is 0.0667 e. The first-order valence-electron chi connectivity index (χ1n) is 6.74. The van der Waals surface area contributed by atoms with Crippen LogP contribution >= 0.6 is 0 Å². The van der Waals surface area contributed by atoms with E-state index in [0.29, 0.717) is 12.1 Å². The van der Waals surface area contributed by atoms with Crippen LogP contribution in [0, 0.1) is 0 Å². The van der Waals surface area contributed by atoms with Gasteiger partial charge in [-0.1, -0.05) is 6.92 Å². The molecule has 0 amide bonds. The molecule has 0 aromatic heterocycles. The summed E-state index contributed by atoms with van der Waals surface area (Å²) in [4.78, 5) is 2.60. The van der Waals surface area contributed by atoms with Crippen LogP contribution in [0.5, 0.6) is 0 Å². The maximum absolute atomic E-state index is 5.26. The van der Waals surface area contributed by atoms with Gasteiger partial charge in [0, 0.05) is 19.7 Å². The number of likely N-dealkylation sites (tertiary alicyclic amines) is 1. The molecule has 0 aliphatic carbocycles. The van der Waals surface area contributed by atoms with Gasteiger partial charge in [-0.3, -0.25) is 0 Å². The van der Waals surface area contributed by atoms with E-state index in [0.717, 1.165) is 6.54 Å². The lowest BCUT2D eigenvalue weighted by molar-refractivity contribution is 0.113. The third-order valence-electron chi connectivity index (χ3n) is 3.46. The summed E-state index contributed by atoms with van der Waals surface area (Å²) in [5.41, 5.74) is 0. The van der Waals surface area contributed by atoms with Crippen molar-refractivity contribution < 1.29 is 4.74 Å². The number of rotatable bonds is 6. The van der Waals surface area contributed by atoms with Crippen molar-refractivity contribution in [2.75, 3.05) is 33.3 Å². The second-order valence-electron chi connectivity index (χ2n) is 4.92. The van der Waals surface area contributed by atoms with E-state index in [-0.39, 0.29) is 0 Å². The highest BCUT2D eigenvalue weighted by Gasteiger charge is 2.16. The molecule has 2 atom stereocenters. The van der Waals surface area contributed by atoms with Gasteiger partial charge in [-0.25, -0.2) is 0 Å². The summed E-state index contributed by atoms with van der Waals surface area (Å²) < 4.78 is 5.26. The van der Waals surface area contributed by atoms with Crippen LogP contribution in [0.15, 0.2) is 0 Å². The fourth-order valence-corrected chi connectivity index (χ4v) is 2.32.